The predicted molar refractivity (Wildman–Crippen MR) is 64.9 cm³/mol. The van der Waals surface area contributed by atoms with Crippen LogP contribution in [0.4, 0.5) is 0 Å². The van der Waals surface area contributed by atoms with Crippen LogP contribution in [0.2, 0.25) is 0 Å². The molecule has 0 aromatic heterocycles. The molecule has 0 amide bonds. The Morgan fingerprint density at radius 3 is 2.17 bits per heavy atom. The molecule has 1 fully saturated rings. The first-order chi connectivity index (χ1) is 8.50. The molecule has 1 atom stereocenters. The summed E-state index contributed by atoms with van der Waals surface area (Å²) in [5.41, 5.74) is -1.33. The van der Waals surface area contributed by atoms with Crippen molar-refractivity contribution in [1.82, 2.24) is 0 Å². The van der Waals surface area contributed by atoms with Gasteiger partial charge in [-0.1, -0.05) is 13.8 Å². The molecule has 0 aliphatic carbocycles. The number of ether oxygens (including phenoxy) is 3. The molecule has 1 rings (SSSR count). The highest BCUT2D eigenvalue weighted by Gasteiger charge is 2.56. The van der Waals surface area contributed by atoms with Crippen molar-refractivity contribution in [2.75, 3.05) is 20.8 Å². The summed E-state index contributed by atoms with van der Waals surface area (Å²) >= 11 is 0. The predicted octanol–water partition coefficient (Wildman–Crippen LogP) is 1.54. The zero-order valence-corrected chi connectivity index (χ0v) is 11.5. The Bertz CT molecular complexity index is 295. The second kappa shape index (κ2) is 6.18. The van der Waals surface area contributed by atoms with E-state index in [1.165, 1.54) is 14.2 Å². The maximum atomic E-state index is 12.2. The molecule has 1 aliphatic heterocycles. The normalized spacial score (nSPS) is 23.3. The number of carbonyl (C=O) groups is 2. The molecule has 5 nitrogen and oxygen atoms in total. The fraction of sp³-hybridized carbons (Fsp3) is 0.846. The minimum absolute atomic E-state index is 0.0290. The van der Waals surface area contributed by atoms with E-state index in [0.717, 1.165) is 12.8 Å². The van der Waals surface area contributed by atoms with Crippen LogP contribution in [0.5, 0.6) is 0 Å². The number of hydrogen-bond acceptors (Lipinski definition) is 5. The van der Waals surface area contributed by atoms with E-state index in [1.54, 1.807) is 0 Å². The average molecular weight is 258 g/mol. The Labute approximate surface area is 108 Å². The first-order valence-corrected chi connectivity index (χ1v) is 6.29. The Morgan fingerprint density at radius 2 is 1.72 bits per heavy atom. The molecule has 0 aromatic rings. The topological polar surface area (TPSA) is 61.8 Å². The van der Waals surface area contributed by atoms with Crippen molar-refractivity contribution >= 4 is 11.9 Å². The monoisotopic (exact) mass is 258 g/mol. The lowest BCUT2D eigenvalue weighted by atomic mass is 9.74. The molecule has 1 heterocycles. The van der Waals surface area contributed by atoms with Crippen molar-refractivity contribution in [3.8, 4) is 0 Å². The maximum Gasteiger partial charge on any atom is 0.325 e. The van der Waals surface area contributed by atoms with Crippen LogP contribution in [0.1, 0.15) is 33.1 Å². The summed E-state index contributed by atoms with van der Waals surface area (Å²) < 4.78 is 15.4. The third-order valence-corrected chi connectivity index (χ3v) is 3.45. The molecule has 1 saturated heterocycles. The summed E-state index contributed by atoms with van der Waals surface area (Å²) in [4.78, 5) is 24.3. The lowest BCUT2D eigenvalue weighted by Crippen LogP contribution is -2.52. The molecule has 0 saturated carbocycles. The van der Waals surface area contributed by atoms with Gasteiger partial charge in [0.25, 0.3) is 0 Å². The molecule has 1 aliphatic rings. The SMILES string of the molecule is COC(=O)C1(C(=O)OC)CCCCOC1C(C)C. The van der Waals surface area contributed by atoms with Crippen LogP contribution in [-0.2, 0) is 23.8 Å². The van der Waals surface area contributed by atoms with Crippen LogP contribution in [0, 0.1) is 11.3 Å². The lowest BCUT2D eigenvalue weighted by Gasteiger charge is -2.36. The van der Waals surface area contributed by atoms with Gasteiger partial charge in [0.15, 0.2) is 5.41 Å². The number of rotatable bonds is 3. The summed E-state index contributed by atoms with van der Waals surface area (Å²) in [6.45, 7) is 4.41. The number of methoxy groups -OCH3 is 2. The molecule has 0 radical (unpaired) electrons. The van der Waals surface area contributed by atoms with E-state index >= 15 is 0 Å². The zero-order chi connectivity index (χ0) is 13.8. The molecule has 1 unspecified atom stereocenters. The third kappa shape index (κ3) is 2.51. The highest BCUT2D eigenvalue weighted by molar-refractivity contribution is 6.00. The molecule has 0 N–H and O–H groups in total. The van der Waals surface area contributed by atoms with Gasteiger partial charge in [0.1, 0.15) is 0 Å². The minimum Gasteiger partial charge on any atom is -0.468 e. The summed E-state index contributed by atoms with van der Waals surface area (Å²) in [5, 5.41) is 0. The standard InChI is InChI=1S/C13H22O5/c1-9(2)10-13(11(14)16-3,12(15)17-4)7-5-6-8-18-10/h9-10H,5-8H2,1-4H3. The minimum atomic E-state index is -1.33. The van der Waals surface area contributed by atoms with Gasteiger partial charge < -0.3 is 14.2 Å². The van der Waals surface area contributed by atoms with E-state index in [9.17, 15) is 9.59 Å². The van der Waals surface area contributed by atoms with Crippen molar-refractivity contribution in [2.45, 2.75) is 39.2 Å². The Balaban J connectivity index is 3.23. The van der Waals surface area contributed by atoms with Gasteiger partial charge in [-0.2, -0.15) is 0 Å². The summed E-state index contributed by atoms with van der Waals surface area (Å²) in [5.74, 6) is -1.09. The van der Waals surface area contributed by atoms with Crippen molar-refractivity contribution in [2.24, 2.45) is 11.3 Å². The van der Waals surface area contributed by atoms with Crippen LogP contribution >= 0.6 is 0 Å². The molecular weight excluding hydrogens is 236 g/mol. The van der Waals surface area contributed by atoms with Gasteiger partial charge in [-0.05, 0) is 25.2 Å². The Kier molecular flexibility index (Phi) is 5.14. The van der Waals surface area contributed by atoms with Gasteiger partial charge in [-0.15, -0.1) is 0 Å². The fourth-order valence-corrected chi connectivity index (χ4v) is 2.65. The van der Waals surface area contributed by atoms with E-state index in [1.807, 2.05) is 13.8 Å². The van der Waals surface area contributed by atoms with Gasteiger partial charge in [-0.25, -0.2) is 0 Å². The van der Waals surface area contributed by atoms with E-state index in [0.29, 0.717) is 13.0 Å². The summed E-state index contributed by atoms with van der Waals surface area (Å²) in [6.07, 6.45) is 1.49. The summed E-state index contributed by atoms with van der Waals surface area (Å²) in [6, 6.07) is 0. The Hall–Kier alpha value is -1.10. The van der Waals surface area contributed by atoms with Gasteiger partial charge in [-0.3, -0.25) is 9.59 Å². The zero-order valence-electron chi connectivity index (χ0n) is 11.5. The van der Waals surface area contributed by atoms with Crippen molar-refractivity contribution in [3.05, 3.63) is 0 Å². The van der Waals surface area contributed by atoms with E-state index < -0.39 is 23.5 Å². The van der Waals surface area contributed by atoms with Crippen LogP contribution in [-0.4, -0.2) is 38.9 Å². The average Bonchev–Trinajstić information content (AvgIpc) is 2.59. The van der Waals surface area contributed by atoms with Gasteiger partial charge in [0.05, 0.1) is 20.3 Å². The molecular formula is C13H22O5. The quantitative estimate of drug-likeness (QED) is 0.567. The van der Waals surface area contributed by atoms with Gasteiger partial charge in [0, 0.05) is 6.61 Å². The van der Waals surface area contributed by atoms with E-state index in [-0.39, 0.29) is 5.92 Å². The first-order valence-electron chi connectivity index (χ1n) is 6.29. The molecule has 0 aromatic carbocycles. The molecule has 104 valence electrons. The summed E-state index contributed by atoms with van der Waals surface area (Å²) in [7, 11) is 2.57. The first kappa shape index (κ1) is 15.0. The van der Waals surface area contributed by atoms with Gasteiger partial charge >= 0.3 is 11.9 Å². The van der Waals surface area contributed by atoms with E-state index in [4.69, 9.17) is 14.2 Å². The van der Waals surface area contributed by atoms with Crippen molar-refractivity contribution in [1.29, 1.82) is 0 Å². The number of esters is 2. The highest BCUT2D eigenvalue weighted by atomic mass is 16.6. The van der Waals surface area contributed by atoms with Crippen LogP contribution in [0.15, 0.2) is 0 Å². The fourth-order valence-electron chi connectivity index (χ4n) is 2.65. The molecule has 0 bridgehead atoms. The largest absolute Gasteiger partial charge is 0.468 e. The van der Waals surface area contributed by atoms with Crippen LogP contribution in [0.25, 0.3) is 0 Å². The van der Waals surface area contributed by atoms with Crippen LogP contribution < -0.4 is 0 Å². The second-order valence-corrected chi connectivity index (χ2v) is 4.95. The van der Waals surface area contributed by atoms with Crippen molar-refractivity contribution < 1.29 is 23.8 Å². The lowest BCUT2D eigenvalue weighted by molar-refractivity contribution is -0.184. The molecule has 18 heavy (non-hydrogen) atoms. The highest BCUT2D eigenvalue weighted by Crippen LogP contribution is 2.39. The van der Waals surface area contributed by atoms with Gasteiger partial charge in [0.2, 0.25) is 0 Å². The van der Waals surface area contributed by atoms with Crippen LogP contribution in [0.3, 0.4) is 0 Å². The second-order valence-electron chi connectivity index (χ2n) is 4.95. The molecule has 5 heteroatoms. The smallest absolute Gasteiger partial charge is 0.325 e. The Morgan fingerprint density at radius 1 is 1.17 bits per heavy atom. The number of hydrogen-bond donors (Lipinski definition) is 0. The van der Waals surface area contributed by atoms with E-state index in [2.05, 4.69) is 0 Å². The maximum absolute atomic E-state index is 12.2. The number of carbonyl (C=O) groups excluding carboxylic acids is 2. The van der Waals surface area contributed by atoms with Crippen molar-refractivity contribution in [3.63, 3.8) is 0 Å². The third-order valence-electron chi connectivity index (χ3n) is 3.45. The molecule has 0 spiro atoms.